The van der Waals surface area contributed by atoms with E-state index in [2.05, 4.69) is 4.72 Å². The van der Waals surface area contributed by atoms with Gasteiger partial charge in [-0.3, -0.25) is 10.1 Å². The minimum absolute atomic E-state index is 0.0396. The summed E-state index contributed by atoms with van der Waals surface area (Å²) in [7, 11) is -0.240. The first-order valence-corrected chi connectivity index (χ1v) is 13.2. The van der Waals surface area contributed by atoms with Crippen molar-refractivity contribution in [2.75, 3.05) is 25.6 Å². The van der Waals surface area contributed by atoms with E-state index in [1.54, 1.807) is 30.3 Å². The van der Waals surface area contributed by atoms with Gasteiger partial charge in [0.25, 0.3) is 5.69 Å². The first-order chi connectivity index (χ1) is 16.1. The lowest BCUT2D eigenvalue weighted by molar-refractivity contribution is -0.384. The number of aliphatic hydroxyl groups excluding tert-OH is 1. The summed E-state index contributed by atoms with van der Waals surface area (Å²) in [6, 6.07) is 11.3. The fraction of sp³-hybridized carbons (Fsp3) is 0.520. The number of hydrogen-bond donors (Lipinski definition) is 2. The highest BCUT2D eigenvalue weighted by Gasteiger charge is 2.34. The van der Waals surface area contributed by atoms with Gasteiger partial charge in [-0.1, -0.05) is 51.7 Å². The summed E-state index contributed by atoms with van der Waals surface area (Å²) in [6.45, 7) is 3.80. The van der Waals surface area contributed by atoms with E-state index < -0.39 is 20.5 Å². The number of nitro benzene ring substituents is 1. The van der Waals surface area contributed by atoms with Crippen molar-refractivity contribution in [3.8, 4) is 0 Å². The molecule has 0 spiro atoms. The molecule has 0 aliphatic rings. The van der Waals surface area contributed by atoms with Gasteiger partial charge in [0, 0.05) is 31.9 Å². The summed E-state index contributed by atoms with van der Waals surface area (Å²) in [5, 5.41) is 21.5. The Hall–Kier alpha value is -2.49. The maximum atomic E-state index is 13.7. The van der Waals surface area contributed by atoms with Crippen molar-refractivity contribution >= 4 is 21.4 Å². The highest BCUT2D eigenvalue weighted by Crippen LogP contribution is 2.29. The van der Waals surface area contributed by atoms with E-state index in [9.17, 15) is 23.6 Å². The number of nitrogens with zero attached hydrogens (tertiary/aromatic N) is 2. The molecule has 2 aromatic carbocycles. The summed E-state index contributed by atoms with van der Waals surface area (Å²) in [4.78, 5) is 12.7. The lowest BCUT2D eigenvalue weighted by atomic mass is 9.89. The number of sulfonamides is 1. The number of non-ortho nitro benzene ring substituents is 1. The molecule has 9 heteroatoms. The third-order valence-electron chi connectivity index (χ3n) is 6.04. The fourth-order valence-corrected chi connectivity index (χ4v) is 5.70. The van der Waals surface area contributed by atoms with E-state index in [0.717, 1.165) is 31.4 Å². The number of rotatable bonds is 14. The molecule has 0 atom stereocenters. The minimum atomic E-state index is -3.97. The van der Waals surface area contributed by atoms with Gasteiger partial charge in [-0.15, -0.1) is 0 Å². The maximum Gasteiger partial charge on any atom is 0.269 e. The third kappa shape index (κ3) is 7.25. The quantitative estimate of drug-likeness (QED) is 0.294. The van der Waals surface area contributed by atoms with Gasteiger partial charge in [0.05, 0.1) is 22.0 Å². The van der Waals surface area contributed by atoms with Gasteiger partial charge in [0.2, 0.25) is 10.0 Å². The zero-order valence-electron chi connectivity index (χ0n) is 20.6. The van der Waals surface area contributed by atoms with Crippen LogP contribution in [0.3, 0.4) is 0 Å². The van der Waals surface area contributed by atoms with Gasteiger partial charge in [-0.05, 0) is 48.6 Å². The van der Waals surface area contributed by atoms with Gasteiger partial charge in [-0.25, -0.2) is 13.1 Å². The number of anilines is 1. The number of nitrogens with one attached hydrogen (secondary N) is 1. The average molecular weight is 492 g/mol. The van der Waals surface area contributed by atoms with E-state index in [1.165, 1.54) is 12.1 Å². The second kappa shape index (κ2) is 12.3. The predicted octanol–water partition coefficient (Wildman–Crippen LogP) is 4.64. The van der Waals surface area contributed by atoms with Crippen LogP contribution in [0.5, 0.6) is 0 Å². The van der Waals surface area contributed by atoms with E-state index in [1.807, 2.05) is 32.8 Å². The summed E-state index contributed by atoms with van der Waals surface area (Å²) in [5.41, 5.74) is 1.05. The number of hydrogen-bond acceptors (Lipinski definition) is 6. The topological polar surface area (TPSA) is 113 Å². The van der Waals surface area contributed by atoms with Crippen LogP contribution in [0.25, 0.3) is 0 Å². The molecule has 0 fully saturated rings. The van der Waals surface area contributed by atoms with Crippen molar-refractivity contribution in [1.29, 1.82) is 0 Å². The molecule has 2 rings (SSSR count). The van der Waals surface area contributed by atoms with Crippen LogP contribution >= 0.6 is 0 Å². The molecule has 0 aromatic heterocycles. The molecule has 34 heavy (non-hydrogen) atoms. The van der Waals surface area contributed by atoms with Gasteiger partial charge >= 0.3 is 0 Å². The SMILES string of the molecule is CCCCC(CO)(CCCC)NS(=O)(=O)c1ccc(N(C)C)cc1Cc1cccc([N+](=O)[O-])c1. The molecule has 0 heterocycles. The smallest absolute Gasteiger partial charge is 0.269 e. The summed E-state index contributed by atoms with van der Waals surface area (Å²) >= 11 is 0. The molecule has 0 saturated heterocycles. The van der Waals surface area contributed by atoms with E-state index in [-0.39, 0.29) is 23.6 Å². The van der Waals surface area contributed by atoms with E-state index in [4.69, 9.17) is 0 Å². The van der Waals surface area contributed by atoms with E-state index >= 15 is 0 Å². The van der Waals surface area contributed by atoms with Crippen LogP contribution in [0.15, 0.2) is 47.4 Å². The number of nitro groups is 1. The Labute approximate surface area is 203 Å². The Morgan fingerprint density at radius 3 is 2.24 bits per heavy atom. The summed E-state index contributed by atoms with van der Waals surface area (Å²) in [5.74, 6) is 0. The first kappa shape index (κ1) is 27.8. The standard InChI is InChI=1S/C25H37N3O5S/c1-5-7-14-25(19-29,15-8-6-2)26-34(32,33)24-13-12-22(27(3)4)18-21(24)16-20-10-9-11-23(17-20)28(30)31/h9-13,17-18,26,29H,5-8,14-16,19H2,1-4H3. The molecular weight excluding hydrogens is 454 g/mol. The second-order valence-electron chi connectivity index (χ2n) is 9.04. The Balaban J connectivity index is 2.52. The van der Waals surface area contributed by atoms with Crippen LogP contribution in [-0.2, 0) is 16.4 Å². The number of unbranched alkanes of at least 4 members (excludes halogenated alkanes) is 2. The third-order valence-corrected chi connectivity index (χ3v) is 7.72. The maximum absolute atomic E-state index is 13.7. The lowest BCUT2D eigenvalue weighted by Crippen LogP contribution is -2.51. The van der Waals surface area contributed by atoms with Crippen LogP contribution in [-0.4, -0.2) is 44.7 Å². The van der Waals surface area contributed by atoms with Gasteiger partial charge in [-0.2, -0.15) is 0 Å². The normalized spacial score (nSPS) is 12.0. The molecule has 0 unspecified atom stereocenters. The molecule has 2 N–H and O–H groups in total. The van der Waals surface area contributed by atoms with Gasteiger partial charge in [0.15, 0.2) is 0 Å². The van der Waals surface area contributed by atoms with Crippen molar-refractivity contribution in [3.05, 3.63) is 63.7 Å². The molecule has 0 saturated carbocycles. The zero-order chi connectivity index (χ0) is 25.4. The van der Waals surface area contributed by atoms with Crippen LogP contribution in [0.1, 0.15) is 63.5 Å². The zero-order valence-corrected chi connectivity index (χ0v) is 21.4. The Bertz CT molecular complexity index is 1060. The molecule has 188 valence electrons. The van der Waals surface area contributed by atoms with E-state index in [0.29, 0.717) is 24.0 Å². The molecule has 0 aliphatic heterocycles. The molecule has 0 radical (unpaired) electrons. The van der Waals surface area contributed by atoms with Gasteiger partial charge in [0.1, 0.15) is 0 Å². The van der Waals surface area contributed by atoms with Crippen molar-refractivity contribution in [3.63, 3.8) is 0 Å². The van der Waals surface area contributed by atoms with Crippen LogP contribution in [0, 0.1) is 10.1 Å². The molecule has 2 aromatic rings. The van der Waals surface area contributed by atoms with Crippen molar-refractivity contribution in [2.45, 2.75) is 69.2 Å². The highest BCUT2D eigenvalue weighted by molar-refractivity contribution is 7.89. The minimum Gasteiger partial charge on any atom is -0.394 e. The molecule has 8 nitrogen and oxygen atoms in total. The second-order valence-corrected chi connectivity index (χ2v) is 10.7. The molecule has 0 bridgehead atoms. The number of aliphatic hydroxyl groups is 1. The Morgan fingerprint density at radius 2 is 1.71 bits per heavy atom. The Morgan fingerprint density at radius 1 is 1.06 bits per heavy atom. The lowest BCUT2D eigenvalue weighted by Gasteiger charge is -2.33. The van der Waals surface area contributed by atoms with Crippen LogP contribution < -0.4 is 9.62 Å². The van der Waals surface area contributed by atoms with Crippen LogP contribution in [0.2, 0.25) is 0 Å². The van der Waals surface area contributed by atoms with Crippen LogP contribution in [0.4, 0.5) is 11.4 Å². The summed E-state index contributed by atoms with van der Waals surface area (Å²) < 4.78 is 30.2. The van der Waals surface area contributed by atoms with Crippen molar-refractivity contribution < 1.29 is 18.4 Å². The average Bonchev–Trinajstić information content (AvgIpc) is 2.80. The predicted molar refractivity (Wildman–Crippen MR) is 136 cm³/mol. The monoisotopic (exact) mass is 491 g/mol. The molecule has 0 amide bonds. The highest BCUT2D eigenvalue weighted by atomic mass is 32.2. The first-order valence-electron chi connectivity index (χ1n) is 11.8. The van der Waals surface area contributed by atoms with Crippen molar-refractivity contribution in [1.82, 2.24) is 4.72 Å². The summed E-state index contributed by atoms with van der Waals surface area (Å²) in [6.07, 6.45) is 4.70. The van der Waals surface area contributed by atoms with Crippen molar-refractivity contribution in [2.24, 2.45) is 0 Å². The molecule has 0 aliphatic carbocycles. The fourth-order valence-electron chi connectivity index (χ4n) is 4.03. The largest absolute Gasteiger partial charge is 0.394 e. The number of benzene rings is 2. The van der Waals surface area contributed by atoms with Gasteiger partial charge < -0.3 is 10.0 Å². The molecular formula is C25H37N3O5S. The Kier molecular flexibility index (Phi) is 10.0.